The number of nitrogens with zero attached hydrogens (tertiary/aromatic N) is 3. The Kier molecular flexibility index (Phi) is 4.82. The average Bonchev–Trinajstić information content (AvgIpc) is 2.22. The van der Waals surface area contributed by atoms with Gasteiger partial charge in [0, 0.05) is 0 Å². The molecule has 0 atom stereocenters. The van der Waals surface area contributed by atoms with Crippen LogP contribution in [0.3, 0.4) is 0 Å². The highest BCUT2D eigenvalue weighted by Crippen LogP contribution is 2.28. The number of hydrogen-bond donors (Lipinski definition) is 1. The van der Waals surface area contributed by atoms with E-state index >= 15 is 0 Å². The quantitative estimate of drug-likeness (QED) is 0.473. The van der Waals surface area contributed by atoms with Crippen molar-refractivity contribution >= 4 is 11.6 Å². The summed E-state index contributed by atoms with van der Waals surface area (Å²) < 4.78 is 5.34. The number of anilines is 1. The summed E-state index contributed by atoms with van der Waals surface area (Å²) in [7, 11) is 0. The molecule has 7 heteroatoms. The molecule has 2 N–H and O–H groups in total. The number of nitrogens with two attached hydrogens (primary N) is 1. The molecule has 0 fully saturated rings. The first-order valence-electron chi connectivity index (χ1n) is 5.83. The van der Waals surface area contributed by atoms with Crippen molar-refractivity contribution in [3.8, 4) is 5.88 Å². The number of nitrogen functional groups attached to an aromatic ring is 1. The Balaban J connectivity index is 2.77. The number of aromatic nitrogens is 2. The van der Waals surface area contributed by atoms with Crippen LogP contribution in [0.1, 0.15) is 32.4 Å². The normalized spacial score (nSPS) is 10.7. The van der Waals surface area contributed by atoms with Gasteiger partial charge in [-0.1, -0.05) is 13.8 Å². The molecule has 0 saturated carbocycles. The fourth-order valence-corrected chi connectivity index (χ4v) is 1.53. The van der Waals surface area contributed by atoms with Crippen molar-refractivity contribution in [1.29, 1.82) is 0 Å². The summed E-state index contributed by atoms with van der Waals surface area (Å²) in [5, 5.41) is 10.9. The highest BCUT2D eigenvalue weighted by atomic mass is 16.6. The van der Waals surface area contributed by atoms with Crippen LogP contribution in [0.2, 0.25) is 0 Å². The molecule has 0 unspecified atom stereocenters. The van der Waals surface area contributed by atoms with Gasteiger partial charge in [0.05, 0.1) is 11.5 Å². The second kappa shape index (κ2) is 6.13. The van der Waals surface area contributed by atoms with Gasteiger partial charge in [0.1, 0.15) is 5.69 Å². The van der Waals surface area contributed by atoms with Gasteiger partial charge < -0.3 is 10.5 Å². The number of ether oxygens (including phenoxy) is 1. The van der Waals surface area contributed by atoms with E-state index in [0.29, 0.717) is 12.5 Å². The fraction of sp³-hybridized carbons (Fsp3) is 0.636. The topological polar surface area (TPSA) is 104 Å². The predicted molar refractivity (Wildman–Crippen MR) is 67.4 cm³/mol. The Morgan fingerprint density at radius 2 is 2.11 bits per heavy atom. The van der Waals surface area contributed by atoms with Crippen molar-refractivity contribution in [2.45, 2.75) is 33.6 Å². The van der Waals surface area contributed by atoms with Gasteiger partial charge in [0.25, 0.3) is 5.88 Å². The smallest absolute Gasteiger partial charge is 0.352 e. The molecule has 0 spiro atoms. The van der Waals surface area contributed by atoms with Gasteiger partial charge in [0.15, 0.2) is 0 Å². The maximum absolute atomic E-state index is 10.9. The van der Waals surface area contributed by atoms with Crippen molar-refractivity contribution in [2.24, 2.45) is 5.92 Å². The van der Waals surface area contributed by atoms with Crippen molar-refractivity contribution in [3.05, 3.63) is 15.8 Å². The third-order valence-corrected chi connectivity index (χ3v) is 2.39. The molecule has 1 heterocycles. The summed E-state index contributed by atoms with van der Waals surface area (Å²) in [6.45, 7) is 6.11. The number of hydrogen-bond acceptors (Lipinski definition) is 6. The van der Waals surface area contributed by atoms with E-state index < -0.39 is 4.92 Å². The van der Waals surface area contributed by atoms with Crippen molar-refractivity contribution in [3.63, 3.8) is 0 Å². The van der Waals surface area contributed by atoms with Gasteiger partial charge in [-0.2, -0.15) is 4.98 Å². The monoisotopic (exact) mass is 254 g/mol. The van der Waals surface area contributed by atoms with E-state index in [4.69, 9.17) is 10.5 Å². The van der Waals surface area contributed by atoms with Crippen molar-refractivity contribution in [2.75, 3.05) is 12.3 Å². The highest BCUT2D eigenvalue weighted by Gasteiger charge is 2.22. The average molecular weight is 254 g/mol. The Labute approximate surface area is 106 Å². The molecule has 0 saturated heterocycles. The second-order valence-corrected chi connectivity index (χ2v) is 4.46. The van der Waals surface area contributed by atoms with E-state index in [-0.39, 0.29) is 23.2 Å². The van der Waals surface area contributed by atoms with Crippen LogP contribution in [0.4, 0.5) is 11.6 Å². The van der Waals surface area contributed by atoms with E-state index in [9.17, 15) is 10.1 Å². The van der Waals surface area contributed by atoms with Crippen LogP contribution < -0.4 is 10.5 Å². The summed E-state index contributed by atoms with van der Waals surface area (Å²) in [4.78, 5) is 17.9. The maximum atomic E-state index is 10.9. The van der Waals surface area contributed by atoms with Gasteiger partial charge in [-0.3, -0.25) is 10.1 Å². The molecular formula is C11H18N4O3. The van der Waals surface area contributed by atoms with E-state index in [1.807, 2.05) is 0 Å². The highest BCUT2D eigenvalue weighted by molar-refractivity contribution is 5.47. The minimum atomic E-state index is -0.549. The summed E-state index contributed by atoms with van der Waals surface area (Å²) in [6.07, 6.45) is 1.81. The first kappa shape index (κ1) is 14.1. The standard InChI is InChI=1S/C11H18N4O3/c1-7(2)5-4-6-18-10-9(15(16)17)8(3)13-11(12)14-10/h7H,4-6H2,1-3H3,(H2,12,13,14). The molecule has 18 heavy (non-hydrogen) atoms. The second-order valence-electron chi connectivity index (χ2n) is 4.46. The van der Waals surface area contributed by atoms with Crippen LogP contribution in [-0.2, 0) is 0 Å². The summed E-state index contributed by atoms with van der Waals surface area (Å²) >= 11 is 0. The maximum Gasteiger partial charge on any atom is 0.352 e. The molecule has 1 aromatic rings. The van der Waals surface area contributed by atoms with Crippen LogP contribution in [0.15, 0.2) is 0 Å². The van der Waals surface area contributed by atoms with Crippen LogP contribution in [0, 0.1) is 23.0 Å². The molecule has 0 amide bonds. The molecule has 7 nitrogen and oxygen atoms in total. The fourth-order valence-electron chi connectivity index (χ4n) is 1.53. The zero-order valence-electron chi connectivity index (χ0n) is 10.8. The van der Waals surface area contributed by atoms with E-state index in [1.165, 1.54) is 6.92 Å². The largest absolute Gasteiger partial charge is 0.473 e. The summed E-state index contributed by atoms with van der Waals surface area (Å²) in [5.74, 6) is 0.506. The molecule has 0 aromatic carbocycles. The van der Waals surface area contributed by atoms with Crippen molar-refractivity contribution in [1.82, 2.24) is 9.97 Å². The lowest BCUT2D eigenvalue weighted by molar-refractivity contribution is -0.387. The molecule has 0 radical (unpaired) electrons. The van der Waals surface area contributed by atoms with E-state index in [1.54, 1.807) is 0 Å². The minimum absolute atomic E-state index is 0.0167. The molecule has 0 aliphatic rings. The number of nitro groups is 1. The Bertz CT molecular complexity index is 435. The molecule has 1 aromatic heterocycles. The van der Waals surface area contributed by atoms with Gasteiger partial charge >= 0.3 is 5.69 Å². The number of rotatable bonds is 6. The molecule has 100 valence electrons. The number of aryl methyl sites for hydroxylation is 1. The van der Waals surface area contributed by atoms with Gasteiger partial charge in [0.2, 0.25) is 5.95 Å². The lowest BCUT2D eigenvalue weighted by atomic mass is 10.1. The van der Waals surface area contributed by atoms with Crippen LogP contribution >= 0.6 is 0 Å². The van der Waals surface area contributed by atoms with Gasteiger partial charge in [-0.05, 0) is 25.7 Å². The first-order chi connectivity index (χ1) is 8.41. The molecule has 0 bridgehead atoms. The molecule has 0 aliphatic heterocycles. The molecule has 0 aliphatic carbocycles. The third-order valence-electron chi connectivity index (χ3n) is 2.39. The van der Waals surface area contributed by atoms with Crippen molar-refractivity contribution < 1.29 is 9.66 Å². The molecule has 1 rings (SSSR count). The third kappa shape index (κ3) is 3.83. The predicted octanol–water partition coefficient (Wildman–Crippen LogP) is 2.09. The van der Waals surface area contributed by atoms with Gasteiger partial charge in [-0.15, -0.1) is 0 Å². The summed E-state index contributed by atoms with van der Waals surface area (Å²) in [5.41, 5.74) is 5.46. The van der Waals surface area contributed by atoms with Crippen LogP contribution in [-0.4, -0.2) is 21.5 Å². The molecular weight excluding hydrogens is 236 g/mol. The van der Waals surface area contributed by atoms with Crippen LogP contribution in [0.5, 0.6) is 5.88 Å². The van der Waals surface area contributed by atoms with Gasteiger partial charge in [-0.25, -0.2) is 4.98 Å². The summed E-state index contributed by atoms with van der Waals surface area (Å²) in [6, 6.07) is 0. The zero-order valence-corrected chi connectivity index (χ0v) is 10.8. The van der Waals surface area contributed by atoms with E-state index in [2.05, 4.69) is 23.8 Å². The van der Waals surface area contributed by atoms with E-state index in [0.717, 1.165) is 12.8 Å². The Hall–Kier alpha value is -1.92. The lowest BCUT2D eigenvalue weighted by Gasteiger charge is -2.08. The Morgan fingerprint density at radius 1 is 1.44 bits per heavy atom. The first-order valence-corrected chi connectivity index (χ1v) is 5.83. The SMILES string of the molecule is Cc1nc(N)nc(OCCCC(C)C)c1[N+](=O)[O-]. The lowest BCUT2D eigenvalue weighted by Crippen LogP contribution is -2.08. The zero-order chi connectivity index (χ0) is 13.7. The minimum Gasteiger partial charge on any atom is -0.473 e. The Morgan fingerprint density at radius 3 is 2.67 bits per heavy atom. The van der Waals surface area contributed by atoms with Crippen LogP contribution in [0.25, 0.3) is 0 Å².